The molecule has 0 saturated heterocycles. The Hall–Kier alpha value is -3.24. The molecule has 182 valence electrons. The van der Waals surface area contributed by atoms with E-state index in [2.05, 4.69) is 17.3 Å². The number of nitrogens with zero attached hydrogens (tertiary/aromatic N) is 3. The molecule has 0 spiro atoms. The first-order valence-corrected chi connectivity index (χ1v) is 12.6. The molecule has 0 aliphatic rings. The number of nitrogens with one attached hydrogen (secondary N) is 1. The molecule has 0 aliphatic carbocycles. The second-order valence-electron chi connectivity index (χ2n) is 7.97. The summed E-state index contributed by atoms with van der Waals surface area (Å²) in [5.74, 6) is -0.347. The Morgan fingerprint density at radius 2 is 1.79 bits per heavy atom. The monoisotopic (exact) mass is 486 g/mol. The second kappa shape index (κ2) is 10.8. The van der Waals surface area contributed by atoms with E-state index in [1.165, 1.54) is 30.9 Å². The molecule has 1 aromatic heterocycles. The molecule has 0 aliphatic heterocycles. The van der Waals surface area contributed by atoms with Crippen molar-refractivity contribution < 1.29 is 17.9 Å². The fraction of sp³-hybridized carbons (Fsp3) is 0.375. The maximum absolute atomic E-state index is 13.2. The minimum atomic E-state index is -3.82. The van der Waals surface area contributed by atoms with Crippen molar-refractivity contribution in [3.05, 3.63) is 58.5 Å². The van der Waals surface area contributed by atoms with Gasteiger partial charge in [0.1, 0.15) is 10.6 Å². The van der Waals surface area contributed by atoms with E-state index in [4.69, 9.17) is 4.74 Å². The van der Waals surface area contributed by atoms with E-state index in [-0.39, 0.29) is 34.2 Å². The molecule has 10 heteroatoms. The molecule has 0 unspecified atom stereocenters. The number of aromatic nitrogens is 2. The largest absolute Gasteiger partial charge is 0.492 e. The van der Waals surface area contributed by atoms with Crippen LogP contribution >= 0.6 is 0 Å². The predicted molar refractivity (Wildman–Crippen MR) is 132 cm³/mol. The van der Waals surface area contributed by atoms with Gasteiger partial charge in [0.25, 0.3) is 11.5 Å². The van der Waals surface area contributed by atoms with Crippen LogP contribution < -0.4 is 15.6 Å². The molecule has 0 radical (unpaired) electrons. The van der Waals surface area contributed by atoms with Gasteiger partial charge in [0.05, 0.1) is 12.0 Å². The van der Waals surface area contributed by atoms with Crippen molar-refractivity contribution in [2.75, 3.05) is 26.0 Å². The quantitative estimate of drug-likeness (QED) is 0.439. The lowest BCUT2D eigenvalue weighted by Gasteiger charge is -2.17. The average molecular weight is 487 g/mol. The number of sulfonamides is 1. The minimum Gasteiger partial charge on any atom is -0.492 e. The third kappa shape index (κ3) is 5.28. The Morgan fingerprint density at radius 1 is 1.09 bits per heavy atom. The van der Waals surface area contributed by atoms with Crippen molar-refractivity contribution in [2.24, 2.45) is 0 Å². The highest BCUT2D eigenvalue weighted by Crippen LogP contribution is 2.29. The Morgan fingerprint density at radius 3 is 2.44 bits per heavy atom. The summed E-state index contributed by atoms with van der Waals surface area (Å²) in [6, 6.07) is 11.3. The van der Waals surface area contributed by atoms with Crippen LogP contribution in [0.25, 0.3) is 10.8 Å². The molecule has 0 fully saturated rings. The summed E-state index contributed by atoms with van der Waals surface area (Å²) >= 11 is 0. The van der Waals surface area contributed by atoms with Gasteiger partial charge < -0.3 is 10.1 Å². The minimum absolute atomic E-state index is 0.0560. The number of amides is 1. The van der Waals surface area contributed by atoms with Crippen LogP contribution in [0.2, 0.25) is 0 Å². The Bertz CT molecular complexity index is 1350. The van der Waals surface area contributed by atoms with Crippen molar-refractivity contribution in [3.63, 3.8) is 0 Å². The highest BCUT2D eigenvalue weighted by Gasteiger charge is 2.24. The summed E-state index contributed by atoms with van der Waals surface area (Å²) < 4.78 is 33.5. The van der Waals surface area contributed by atoms with Crippen LogP contribution in [-0.2, 0) is 16.6 Å². The van der Waals surface area contributed by atoms with Crippen molar-refractivity contribution in [2.45, 2.75) is 44.6 Å². The van der Waals surface area contributed by atoms with Crippen molar-refractivity contribution in [1.29, 1.82) is 0 Å². The van der Waals surface area contributed by atoms with Gasteiger partial charge >= 0.3 is 0 Å². The molecule has 1 amide bonds. The van der Waals surface area contributed by atoms with Crippen LogP contribution in [0, 0.1) is 0 Å². The molecular weight excluding hydrogens is 456 g/mol. The lowest BCUT2D eigenvalue weighted by molar-refractivity contribution is 0.102. The molecule has 0 bridgehead atoms. The molecule has 34 heavy (non-hydrogen) atoms. The van der Waals surface area contributed by atoms with Crippen LogP contribution in [0.4, 0.5) is 5.69 Å². The maximum Gasteiger partial charge on any atom is 0.276 e. The molecular formula is C24H30N4O5S. The number of hydrogen-bond acceptors (Lipinski definition) is 6. The number of carbonyl (C=O) groups excluding carboxylic acids is 1. The fourth-order valence-electron chi connectivity index (χ4n) is 3.52. The first-order chi connectivity index (χ1) is 16.2. The van der Waals surface area contributed by atoms with Crippen molar-refractivity contribution in [1.82, 2.24) is 14.1 Å². The van der Waals surface area contributed by atoms with Gasteiger partial charge in [0, 0.05) is 31.7 Å². The van der Waals surface area contributed by atoms with Gasteiger partial charge in [-0.05, 0) is 37.6 Å². The predicted octanol–water partition coefficient (Wildman–Crippen LogP) is 3.49. The highest BCUT2D eigenvalue weighted by molar-refractivity contribution is 7.89. The lowest BCUT2D eigenvalue weighted by Crippen LogP contribution is -2.28. The number of carbonyl (C=O) groups is 1. The SMILES string of the molecule is CCCCCn1nc(C(=O)Nc2ccc(OCC)c(S(=O)(=O)N(C)C)c2)c2ccccc2c1=O. The van der Waals surface area contributed by atoms with E-state index in [1.54, 1.807) is 37.3 Å². The smallest absolute Gasteiger partial charge is 0.276 e. The third-order valence-electron chi connectivity index (χ3n) is 5.32. The first kappa shape index (κ1) is 25.4. The van der Waals surface area contributed by atoms with E-state index in [0.717, 1.165) is 23.6 Å². The van der Waals surface area contributed by atoms with E-state index in [1.807, 2.05) is 0 Å². The summed E-state index contributed by atoms with van der Waals surface area (Å²) in [7, 11) is -0.967. The maximum atomic E-state index is 13.2. The lowest BCUT2D eigenvalue weighted by atomic mass is 10.1. The van der Waals surface area contributed by atoms with E-state index in [0.29, 0.717) is 17.3 Å². The first-order valence-electron chi connectivity index (χ1n) is 11.2. The van der Waals surface area contributed by atoms with E-state index < -0.39 is 15.9 Å². The van der Waals surface area contributed by atoms with Gasteiger partial charge in [-0.3, -0.25) is 9.59 Å². The van der Waals surface area contributed by atoms with E-state index in [9.17, 15) is 18.0 Å². The average Bonchev–Trinajstić information content (AvgIpc) is 2.81. The third-order valence-corrected chi connectivity index (χ3v) is 7.15. The highest BCUT2D eigenvalue weighted by atomic mass is 32.2. The van der Waals surface area contributed by atoms with E-state index >= 15 is 0 Å². The fourth-order valence-corrected chi connectivity index (χ4v) is 4.57. The van der Waals surface area contributed by atoms with Crippen molar-refractivity contribution in [3.8, 4) is 5.75 Å². The molecule has 1 heterocycles. The standard InChI is InChI=1S/C24H30N4O5S/c1-5-7-10-15-28-24(30)19-12-9-8-11-18(19)22(26-28)23(29)25-17-13-14-20(33-6-2)21(16-17)34(31,32)27(3)4/h8-9,11-14,16H,5-7,10,15H2,1-4H3,(H,25,29). The van der Waals surface area contributed by atoms with Gasteiger partial charge in [-0.25, -0.2) is 17.4 Å². The number of unbranched alkanes of at least 4 members (excludes halogenated alkanes) is 2. The van der Waals surface area contributed by atoms with Gasteiger partial charge in [-0.2, -0.15) is 5.10 Å². The second-order valence-corrected chi connectivity index (χ2v) is 10.1. The number of hydrogen-bond donors (Lipinski definition) is 1. The number of rotatable bonds is 10. The van der Waals surface area contributed by atoms with Gasteiger partial charge in [0.15, 0.2) is 5.69 Å². The van der Waals surface area contributed by atoms with Crippen LogP contribution in [-0.4, -0.2) is 49.1 Å². The zero-order chi connectivity index (χ0) is 24.9. The van der Waals surface area contributed by atoms with Gasteiger partial charge in [-0.1, -0.05) is 38.0 Å². The number of aryl methyl sites for hydroxylation is 1. The number of fused-ring (bicyclic) bond motifs is 1. The van der Waals surface area contributed by atoms with Crippen LogP contribution in [0.3, 0.4) is 0 Å². The molecule has 3 rings (SSSR count). The summed E-state index contributed by atoms with van der Waals surface area (Å²) in [5.41, 5.74) is 0.116. The summed E-state index contributed by atoms with van der Waals surface area (Å²) in [5, 5.41) is 7.92. The van der Waals surface area contributed by atoms with Crippen molar-refractivity contribution >= 4 is 32.4 Å². The zero-order valence-corrected chi connectivity index (χ0v) is 20.7. The Balaban J connectivity index is 2.03. The summed E-state index contributed by atoms with van der Waals surface area (Å²) in [6.45, 7) is 4.52. The number of ether oxygens (including phenoxy) is 1. The van der Waals surface area contributed by atoms with Crippen LogP contribution in [0.5, 0.6) is 5.75 Å². The topological polar surface area (TPSA) is 111 Å². The molecule has 0 atom stereocenters. The Kier molecular flexibility index (Phi) is 8.06. The molecule has 0 saturated carbocycles. The number of benzene rings is 2. The zero-order valence-electron chi connectivity index (χ0n) is 19.9. The normalized spacial score (nSPS) is 11.7. The summed E-state index contributed by atoms with van der Waals surface area (Å²) in [4.78, 5) is 26.0. The Labute approximate surface area is 199 Å². The van der Waals surface area contributed by atoms with Gasteiger partial charge in [-0.15, -0.1) is 0 Å². The number of anilines is 1. The summed E-state index contributed by atoms with van der Waals surface area (Å²) in [6.07, 6.45) is 2.71. The van der Waals surface area contributed by atoms with Crippen LogP contribution in [0.15, 0.2) is 52.2 Å². The molecule has 9 nitrogen and oxygen atoms in total. The van der Waals surface area contributed by atoms with Crippen LogP contribution in [0.1, 0.15) is 43.6 Å². The molecule has 1 N–H and O–H groups in total. The molecule has 2 aromatic carbocycles. The molecule has 3 aromatic rings. The van der Waals surface area contributed by atoms with Gasteiger partial charge in [0.2, 0.25) is 10.0 Å².